The number of anilines is 2. The van der Waals surface area contributed by atoms with Crippen LogP contribution >= 0.6 is 0 Å². The molecule has 0 spiro atoms. The van der Waals surface area contributed by atoms with E-state index in [1.54, 1.807) is 0 Å². The summed E-state index contributed by atoms with van der Waals surface area (Å²) in [5.41, 5.74) is 7.29. The third-order valence-corrected chi connectivity index (χ3v) is 1.57. The summed E-state index contributed by atoms with van der Waals surface area (Å²) < 4.78 is 5.37. The number of nitrogens with two attached hydrogens (primary N) is 1. The van der Waals surface area contributed by atoms with Crippen LogP contribution in [0.15, 0.2) is 18.2 Å². The molecule has 0 aliphatic heterocycles. The molecule has 0 saturated heterocycles. The van der Waals surface area contributed by atoms with Gasteiger partial charge >= 0.3 is 0 Å². The lowest BCUT2D eigenvalue weighted by Crippen LogP contribution is -1.98. The van der Waals surface area contributed by atoms with E-state index in [0.29, 0.717) is 6.61 Å². The Hall–Kier alpha value is -1.38. The average molecular weight is 166 g/mol. The Morgan fingerprint density at radius 3 is 2.83 bits per heavy atom. The summed E-state index contributed by atoms with van der Waals surface area (Å²) in [7, 11) is 1.86. The summed E-state index contributed by atoms with van der Waals surface area (Å²) in [6, 6.07) is 5.56. The van der Waals surface area contributed by atoms with Crippen LogP contribution in [0.25, 0.3) is 0 Å². The summed E-state index contributed by atoms with van der Waals surface area (Å²) in [5, 5.41) is 3.03. The topological polar surface area (TPSA) is 47.3 Å². The van der Waals surface area contributed by atoms with Crippen LogP contribution in [0.1, 0.15) is 6.92 Å². The Kier molecular flexibility index (Phi) is 2.80. The second-order valence-corrected chi connectivity index (χ2v) is 2.44. The summed E-state index contributed by atoms with van der Waals surface area (Å²) >= 11 is 0. The van der Waals surface area contributed by atoms with Gasteiger partial charge in [-0.15, -0.1) is 0 Å². The van der Waals surface area contributed by atoms with E-state index in [1.807, 2.05) is 32.2 Å². The third-order valence-electron chi connectivity index (χ3n) is 1.57. The zero-order valence-electron chi connectivity index (χ0n) is 7.42. The van der Waals surface area contributed by atoms with Crippen molar-refractivity contribution in [2.24, 2.45) is 0 Å². The van der Waals surface area contributed by atoms with Crippen molar-refractivity contribution >= 4 is 11.4 Å². The van der Waals surface area contributed by atoms with E-state index in [-0.39, 0.29) is 0 Å². The number of nitrogen functional groups attached to an aromatic ring is 1. The first-order valence-electron chi connectivity index (χ1n) is 3.98. The van der Waals surface area contributed by atoms with Gasteiger partial charge in [-0.2, -0.15) is 0 Å². The predicted molar refractivity (Wildman–Crippen MR) is 51.6 cm³/mol. The highest BCUT2D eigenvalue weighted by Crippen LogP contribution is 2.26. The first kappa shape index (κ1) is 8.71. The Labute approximate surface area is 72.5 Å². The molecule has 1 aromatic carbocycles. The van der Waals surface area contributed by atoms with Crippen LogP contribution in [-0.4, -0.2) is 13.7 Å². The molecule has 0 bridgehead atoms. The van der Waals surface area contributed by atoms with Crippen molar-refractivity contribution in [3.05, 3.63) is 18.2 Å². The normalized spacial score (nSPS) is 9.50. The van der Waals surface area contributed by atoms with Gasteiger partial charge in [0.05, 0.1) is 12.3 Å². The Morgan fingerprint density at radius 1 is 1.50 bits per heavy atom. The van der Waals surface area contributed by atoms with Crippen molar-refractivity contribution in [2.45, 2.75) is 6.92 Å². The summed E-state index contributed by atoms with van der Waals surface area (Å²) in [5.74, 6) is 0.806. The minimum absolute atomic E-state index is 0.651. The van der Waals surface area contributed by atoms with Gasteiger partial charge in [-0.05, 0) is 19.1 Å². The second kappa shape index (κ2) is 3.85. The molecule has 66 valence electrons. The van der Waals surface area contributed by atoms with E-state index in [9.17, 15) is 0 Å². The fraction of sp³-hybridized carbons (Fsp3) is 0.333. The first-order chi connectivity index (χ1) is 5.77. The molecule has 0 aliphatic carbocycles. The lowest BCUT2D eigenvalue weighted by Gasteiger charge is -2.09. The second-order valence-electron chi connectivity index (χ2n) is 2.44. The molecule has 0 fully saturated rings. The van der Waals surface area contributed by atoms with E-state index < -0.39 is 0 Å². The molecule has 1 rings (SSSR count). The van der Waals surface area contributed by atoms with E-state index in [0.717, 1.165) is 17.1 Å². The largest absolute Gasteiger partial charge is 0.492 e. The molecule has 1 aromatic rings. The molecule has 0 saturated carbocycles. The van der Waals surface area contributed by atoms with Crippen molar-refractivity contribution in [1.29, 1.82) is 0 Å². The molecule has 0 unspecified atom stereocenters. The lowest BCUT2D eigenvalue weighted by molar-refractivity contribution is 0.342. The highest BCUT2D eigenvalue weighted by Gasteiger charge is 2.00. The van der Waals surface area contributed by atoms with Gasteiger partial charge in [0.25, 0.3) is 0 Å². The van der Waals surface area contributed by atoms with Crippen molar-refractivity contribution in [3.8, 4) is 5.75 Å². The molecule has 0 atom stereocenters. The van der Waals surface area contributed by atoms with Gasteiger partial charge in [-0.3, -0.25) is 0 Å². The zero-order valence-corrected chi connectivity index (χ0v) is 7.42. The Bertz CT molecular complexity index is 261. The summed E-state index contributed by atoms with van der Waals surface area (Å²) in [6.07, 6.45) is 0. The number of ether oxygens (including phenoxy) is 1. The van der Waals surface area contributed by atoms with Crippen LogP contribution in [0.4, 0.5) is 11.4 Å². The monoisotopic (exact) mass is 166 g/mol. The smallest absolute Gasteiger partial charge is 0.144 e. The molecule has 0 radical (unpaired) electrons. The van der Waals surface area contributed by atoms with Crippen LogP contribution in [0, 0.1) is 0 Å². The molecule has 0 aliphatic rings. The first-order valence-corrected chi connectivity index (χ1v) is 3.98. The standard InChI is InChI=1S/C9H14N2O/c1-3-12-9-6-7(10)4-5-8(9)11-2/h4-6,11H,3,10H2,1-2H3. The van der Waals surface area contributed by atoms with Crippen LogP contribution < -0.4 is 15.8 Å². The van der Waals surface area contributed by atoms with Crippen LogP contribution in [-0.2, 0) is 0 Å². The van der Waals surface area contributed by atoms with Crippen molar-refractivity contribution in [2.75, 3.05) is 24.7 Å². The SMILES string of the molecule is CCOc1cc(N)ccc1NC. The highest BCUT2D eigenvalue weighted by molar-refractivity contribution is 5.62. The number of nitrogens with one attached hydrogen (secondary N) is 1. The van der Waals surface area contributed by atoms with Gasteiger partial charge in [-0.1, -0.05) is 0 Å². The Morgan fingerprint density at radius 2 is 2.25 bits per heavy atom. The van der Waals surface area contributed by atoms with E-state index >= 15 is 0 Å². The quantitative estimate of drug-likeness (QED) is 0.672. The fourth-order valence-electron chi connectivity index (χ4n) is 1.02. The molecule has 0 amide bonds. The molecule has 12 heavy (non-hydrogen) atoms. The van der Waals surface area contributed by atoms with Crippen LogP contribution in [0.5, 0.6) is 5.75 Å². The summed E-state index contributed by atoms with van der Waals surface area (Å²) in [6.45, 7) is 2.60. The van der Waals surface area contributed by atoms with E-state index in [1.165, 1.54) is 0 Å². The molecule has 0 aromatic heterocycles. The highest BCUT2D eigenvalue weighted by atomic mass is 16.5. The minimum atomic E-state index is 0.651. The van der Waals surface area contributed by atoms with Crippen molar-refractivity contribution in [3.63, 3.8) is 0 Å². The predicted octanol–water partition coefficient (Wildman–Crippen LogP) is 1.71. The third kappa shape index (κ3) is 1.81. The Balaban J connectivity index is 2.95. The van der Waals surface area contributed by atoms with Gasteiger partial charge in [0.15, 0.2) is 0 Å². The maximum absolute atomic E-state index is 5.60. The maximum atomic E-state index is 5.60. The molecule has 3 nitrogen and oxygen atoms in total. The zero-order chi connectivity index (χ0) is 8.97. The van der Waals surface area contributed by atoms with Crippen LogP contribution in [0.2, 0.25) is 0 Å². The van der Waals surface area contributed by atoms with Gasteiger partial charge in [0, 0.05) is 18.8 Å². The lowest BCUT2D eigenvalue weighted by atomic mass is 10.2. The fourth-order valence-corrected chi connectivity index (χ4v) is 1.02. The van der Waals surface area contributed by atoms with Gasteiger partial charge in [0.2, 0.25) is 0 Å². The van der Waals surface area contributed by atoms with Crippen LogP contribution in [0.3, 0.4) is 0 Å². The number of benzene rings is 1. The molecule has 3 heteroatoms. The number of hydrogen-bond donors (Lipinski definition) is 2. The maximum Gasteiger partial charge on any atom is 0.144 e. The van der Waals surface area contributed by atoms with Crippen molar-refractivity contribution < 1.29 is 4.74 Å². The van der Waals surface area contributed by atoms with Gasteiger partial charge in [0.1, 0.15) is 5.75 Å². The van der Waals surface area contributed by atoms with E-state index in [2.05, 4.69) is 5.32 Å². The van der Waals surface area contributed by atoms with Crippen molar-refractivity contribution in [1.82, 2.24) is 0 Å². The average Bonchev–Trinajstić information content (AvgIpc) is 2.05. The number of rotatable bonds is 3. The molecule has 0 heterocycles. The molecule has 3 N–H and O–H groups in total. The number of hydrogen-bond acceptors (Lipinski definition) is 3. The van der Waals surface area contributed by atoms with E-state index in [4.69, 9.17) is 10.5 Å². The van der Waals surface area contributed by atoms with Gasteiger partial charge < -0.3 is 15.8 Å². The minimum Gasteiger partial charge on any atom is -0.492 e. The van der Waals surface area contributed by atoms with Gasteiger partial charge in [-0.25, -0.2) is 0 Å². The summed E-state index contributed by atoms with van der Waals surface area (Å²) in [4.78, 5) is 0. The molecular formula is C9H14N2O. The molecular weight excluding hydrogens is 152 g/mol.